The molecule has 0 saturated heterocycles. The molecule has 2 aromatic rings. The number of pyridine rings is 1. The van der Waals surface area contributed by atoms with Crippen molar-refractivity contribution >= 4 is 0 Å². The van der Waals surface area contributed by atoms with Gasteiger partial charge < -0.3 is 4.98 Å². The topological polar surface area (TPSA) is 12.9 Å². The van der Waals surface area contributed by atoms with Gasteiger partial charge in [-0.15, -0.1) is 35.9 Å². The fourth-order valence-corrected chi connectivity index (χ4v) is 1.12. The summed E-state index contributed by atoms with van der Waals surface area (Å²) in [5.74, 6) is -0.315. The van der Waals surface area contributed by atoms with Gasteiger partial charge >= 0.3 is 0 Å². The Hall–Kier alpha value is -1.05. The largest absolute Gasteiger partial charge is 0.302 e. The molecule has 0 unspecified atom stereocenters. The molecular weight excluding hydrogens is 357 g/mol. The minimum Gasteiger partial charge on any atom is -0.302 e. The second-order valence-corrected chi connectivity index (χ2v) is 2.61. The molecule has 1 heterocycles. The third kappa shape index (κ3) is 2.25. The maximum Gasteiger partial charge on any atom is 0.107 e. The van der Waals surface area contributed by atoms with E-state index in [0.29, 0.717) is 11.3 Å². The number of halogens is 1. The summed E-state index contributed by atoms with van der Waals surface area (Å²) < 4.78 is 13.2. The maximum absolute atomic E-state index is 13.2. The molecule has 1 aromatic carbocycles. The van der Waals surface area contributed by atoms with Crippen molar-refractivity contribution in [2.45, 2.75) is 0 Å². The van der Waals surface area contributed by atoms with E-state index in [1.54, 1.807) is 24.4 Å². The van der Waals surface area contributed by atoms with Crippen molar-refractivity contribution < 1.29 is 24.5 Å². The maximum atomic E-state index is 13.2. The number of nitrogens with zero attached hydrogens (tertiary/aromatic N) is 1. The van der Waals surface area contributed by atoms with E-state index < -0.39 is 0 Å². The van der Waals surface area contributed by atoms with Crippen LogP contribution in [-0.2, 0) is 20.1 Å². The van der Waals surface area contributed by atoms with Gasteiger partial charge in [0, 0.05) is 32.0 Å². The van der Waals surface area contributed by atoms with E-state index in [9.17, 15) is 4.39 Å². The van der Waals surface area contributed by atoms with Gasteiger partial charge in [0.15, 0.2) is 0 Å². The van der Waals surface area contributed by atoms with Crippen LogP contribution in [0.25, 0.3) is 11.3 Å². The molecule has 3 heteroatoms. The first kappa shape index (κ1) is 11.0. The van der Waals surface area contributed by atoms with Crippen molar-refractivity contribution in [3.05, 3.63) is 54.5 Å². The van der Waals surface area contributed by atoms with Crippen LogP contribution in [0.15, 0.2) is 42.6 Å². The predicted octanol–water partition coefficient (Wildman–Crippen LogP) is 2.69. The van der Waals surface area contributed by atoms with Crippen LogP contribution in [0.2, 0.25) is 0 Å². The first-order valence-electron chi connectivity index (χ1n) is 3.95. The summed E-state index contributed by atoms with van der Waals surface area (Å²) in [7, 11) is 0. The fraction of sp³-hybridized carbons (Fsp3) is 0. The van der Waals surface area contributed by atoms with Crippen LogP contribution in [0.1, 0.15) is 0 Å². The zero-order valence-electron chi connectivity index (χ0n) is 7.20. The summed E-state index contributed by atoms with van der Waals surface area (Å²) in [6.45, 7) is 0. The smallest absolute Gasteiger partial charge is 0.107 e. The summed E-state index contributed by atoms with van der Waals surface area (Å²) >= 11 is 0. The van der Waals surface area contributed by atoms with E-state index in [-0.39, 0.29) is 25.9 Å². The molecule has 0 aliphatic rings. The molecule has 2 rings (SSSR count). The number of hydrogen-bond acceptors (Lipinski definition) is 1. The molecule has 0 spiro atoms. The Morgan fingerprint density at radius 2 is 2.00 bits per heavy atom. The van der Waals surface area contributed by atoms with Gasteiger partial charge in [0.05, 0.1) is 0 Å². The van der Waals surface area contributed by atoms with Crippen LogP contribution in [0.4, 0.5) is 4.39 Å². The van der Waals surface area contributed by atoms with E-state index in [4.69, 9.17) is 0 Å². The van der Waals surface area contributed by atoms with Crippen molar-refractivity contribution in [1.29, 1.82) is 0 Å². The Kier molecular flexibility index (Phi) is 3.93. The minimum absolute atomic E-state index is 0. The van der Waals surface area contributed by atoms with Crippen molar-refractivity contribution in [2.75, 3.05) is 0 Å². The first-order valence-corrected chi connectivity index (χ1v) is 3.95. The van der Waals surface area contributed by atoms with Gasteiger partial charge in [-0.2, -0.15) is 0 Å². The van der Waals surface area contributed by atoms with E-state index in [2.05, 4.69) is 11.1 Å². The monoisotopic (exact) mass is 365 g/mol. The van der Waals surface area contributed by atoms with Gasteiger partial charge in [0.25, 0.3) is 0 Å². The molecule has 14 heavy (non-hydrogen) atoms. The van der Waals surface area contributed by atoms with Gasteiger partial charge in [0.1, 0.15) is 5.82 Å². The minimum atomic E-state index is -0.315. The fourth-order valence-electron chi connectivity index (χ4n) is 1.12. The molecule has 73 valence electrons. The molecule has 1 aromatic heterocycles. The normalized spacial score (nSPS) is 9.21. The molecule has 0 aliphatic heterocycles. The standard InChI is InChI=1S/C11H7FN.Ir/c12-10-7-4-8-13-11(10)9-5-2-1-3-6-9;/h1-5,7-8H;/q-1;. The van der Waals surface area contributed by atoms with Crippen LogP contribution in [0, 0.1) is 11.9 Å². The Bertz CT molecular complexity index is 403. The second kappa shape index (κ2) is 4.99. The summed E-state index contributed by atoms with van der Waals surface area (Å²) in [6.07, 6.45) is 1.57. The Balaban J connectivity index is 0.000000980. The van der Waals surface area contributed by atoms with E-state index in [1.165, 1.54) is 6.07 Å². The number of aromatic nitrogens is 1. The average Bonchev–Trinajstić information content (AvgIpc) is 2.20. The predicted molar refractivity (Wildman–Crippen MR) is 48.5 cm³/mol. The van der Waals surface area contributed by atoms with Crippen LogP contribution in [-0.4, -0.2) is 4.98 Å². The molecule has 0 N–H and O–H groups in total. The van der Waals surface area contributed by atoms with Gasteiger partial charge in [-0.25, -0.2) is 4.39 Å². The zero-order valence-corrected chi connectivity index (χ0v) is 9.60. The molecule has 0 atom stereocenters. The summed E-state index contributed by atoms with van der Waals surface area (Å²) in [5, 5.41) is 0. The van der Waals surface area contributed by atoms with Crippen LogP contribution >= 0.6 is 0 Å². The third-order valence-electron chi connectivity index (χ3n) is 1.72. The molecule has 0 amide bonds. The molecule has 1 nitrogen and oxygen atoms in total. The molecule has 1 radical (unpaired) electrons. The summed E-state index contributed by atoms with van der Waals surface area (Å²) in [4.78, 5) is 3.94. The second-order valence-electron chi connectivity index (χ2n) is 2.61. The van der Waals surface area contributed by atoms with Crippen molar-refractivity contribution in [3.8, 4) is 11.3 Å². The van der Waals surface area contributed by atoms with Crippen molar-refractivity contribution in [1.82, 2.24) is 4.98 Å². The van der Waals surface area contributed by atoms with Crippen LogP contribution in [0.3, 0.4) is 0 Å². The summed E-state index contributed by atoms with van der Waals surface area (Å²) in [6, 6.07) is 13.1. The number of benzene rings is 1. The molecule has 0 saturated carbocycles. The van der Waals surface area contributed by atoms with Gasteiger partial charge in [-0.3, -0.25) is 0 Å². The quantitative estimate of drug-likeness (QED) is 0.709. The third-order valence-corrected chi connectivity index (χ3v) is 1.72. The number of hydrogen-bond donors (Lipinski definition) is 0. The Morgan fingerprint density at radius 3 is 2.64 bits per heavy atom. The van der Waals surface area contributed by atoms with Gasteiger partial charge in [-0.05, 0) is 12.1 Å². The van der Waals surface area contributed by atoms with Gasteiger partial charge in [0.2, 0.25) is 0 Å². The zero-order chi connectivity index (χ0) is 9.10. The average molecular weight is 364 g/mol. The molecule has 0 bridgehead atoms. The Labute approximate surface area is 95.4 Å². The number of rotatable bonds is 1. The Morgan fingerprint density at radius 1 is 1.14 bits per heavy atom. The van der Waals surface area contributed by atoms with Crippen molar-refractivity contribution in [2.24, 2.45) is 0 Å². The SMILES string of the molecule is Fc1cccnc1-c1[c-]cccc1.[Ir]. The van der Waals surface area contributed by atoms with Gasteiger partial charge in [-0.1, -0.05) is 0 Å². The molecular formula is C11H7FIrN-. The van der Waals surface area contributed by atoms with E-state index >= 15 is 0 Å². The van der Waals surface area contributed by atoms with E-state index in [1.807, 2.05) is 12.1 Å². The molecule has 0 aliphatic carbocycles. The van der Waals surface area contributed by atoms with E-state index in [0.717, 1.165) is 0 Å². The summed E-state index contributed by atoms with van der Waals surface area (Å²) in [5.41, 5.74) is 1.03. The van der Waals surface area contributed by atoms with Crippen LogP contribution < -0.4 is 0 Å². The van der Waals surface area contributed by atoms with Crippen molar-refractivity contribution in [3.63, 3.8) is 0 Å². The first-order chi connectivity index (χ1) is 6.38. The van der Waals surface area contributed by atoms with Crippen LogP contribution in [0.5, 0.6) is 0 Å². The molecule has 0 fully saturated rings.